The van der Waals surface area contributed by atoms with Gasteiger partial charge in [-0.05, 0) is 35.6 Å². The number of amides is 1. The Labute approximate surface area is 120 Å². The van der Waals surface area contributed by atoms with E-state index in [0.29, 0.717) is 12.3 Å². The molecule has 1 amide bonds. The zero-order valence-electron chi connectivity index (χ0n) is 11.6. The Hall–Kier alpha value is -2.09. The number of piperidine rings is 1. The summed E-state index contributed by atoms with van der Waals surface area (Å²) in [6, 6.07) is 18.9. The third-order valence-electron chi connectivity index (χ3n) is 3.83. The molecule has 1 heterocycles. The molecule has 0 unspecified atom stereocenters. The summed E-state index contributed by atoms with van der Waals surface area (Å²) in [7, 11) is 0. The van der Waals surface area contributed by atoms with Gasteiger partial charge in [0, 0.05) is 19.5 Å². The Morgan fingerprint density at radius 2 is 1.70 bits per heavy atom. The van der Waals surface area contributed by atoms with Crippen LogP contribution in [0.3, 0.4) is 0 Å². The number of rotatable bonds is 3. The molecule has 2 aromatic carbocycles. The summed E-state index contributed by atoms with van der Waals surface area (Å²) in [5, 5.41) is 0. The van der Waals surface area contributed by atoms with Crippen LogP contribution in [0.1, 0.15) is 24.8 Å². The third kappa shape index (κ3) is 2.90. The van der Waals surface area contributed by atoms with E-state index in [4.69, 9.17) is 0 Å². The summed E-state index contributed by atoms with van der Waals surface area (Å²) in [6.45, 7) is 1.63. The van der Waals surface area contributed by atoms with Gasteiger partial charge in [-0.3, -0.25) is 4.79 Å². The molecular weight excluding hydrogens is 246 g/mol. The maximum atomic E-state index is 11.9. The predicted octanol–water partition coefficient (Wildman–Crippen LogP) is 3.87. The lowest BCUT2D eigenvalue weighted by Crippen LogP contribution is -2.34. The first-order valence-electron chi connectivity index (χ1n) is 7.25. The van der Waals surface area contributed by atoms with Crippen LogP contribution in [0.15, 0.2) is 54.6 Å². The van der Waals surface area contributed by atoms with Crippen molar-refractivity contribution in [1.29, 1.82) is 0 Å². The van der Waals surface area contributed by atoms with Crippen molar-refractivity contribution in [2.24, 2.45) is 0 Å². The predicted molar refractivity (Wildman–Crippen MR) is 81.1 cm³/mol. The van der Waals surface area contributed by atoms with Gasteiger partial charge >= 0.3 is 0 Å². The Kier molecular flexibility index (Phi) is 3.82. The molecule has 3 rings (SSSR count). The molecule has 1 aliphatic rings. The van der Waals surface area contributed by atoms with Gasteiger partial charge in [0.05, 0.1) is 0 Å². The molecule has 0 spiro atoms. The van der Waals surface area contributed by atoms with E-state index in [0.717, 1.165) is 25.9 Å². The number of likely N-dealkylation sites (tertiary alicyclic amines) is 1. The molecule has 0 saturated carbocycles. The van der Waals surface area contributed by atoms with Gasteiger partial charge in [-0.25, -0.2) is 0 Å². The summed E-state index contributed by atoms with van der Waals surface area (Å²) in [5.41, 5.74) is 3.65. The number of benzene rings is 2. The van der Waals surface area contributed by atoms with Gasteiger partial charge in [0.25, 0.3) is 0 Å². The van der Waals surface area contributed by atoms with Crippen LogP contribution >= 0.6 is 0 Å². The van der Waals surface area contributed by atoms with E-state index >= 15 is 0 Å². The topological polar surface area (TPSA) is 20.3 Å². The second kappa shape index (κ2) is 5.91. The summed E-state index contributed by atoms with van der Waals surface area (Å²) in [4.78, 5) is 13.9. The van der Waals surface area contributed by atoms with Gasteiger partial charge in [0.15, 0.2) is 0 Å². The highest BCUT2D eigenvalue weighted by molar-refractivity contribution is 5.77. The number of carbonyl (C=O) groups excluding carboxylic acids is 1. The van der Waals surface area contributed by atoms with Gasteiger partial charge in [0.2, 0.25) is 5.91 Å². The van der Waals surface area contributed by atoms with Gasteiger partial charge in [-0.2, -0.15) is 0 Å². The smallest absolute Gasteiger partial charge is 0.222 e. The highest BCUT2D eigenvalue weighted by Gasteiger charge is 2.17. The van der Waals surface area contributed by atoms with Crippen molar-refractivity contribution in [3.8, 4) is 11.1 Å². The lowest BCUT2D eigenvalue weighted by Gasteiger charge is -2.26. The van der Waals surface area contributed by atoms with Crippen molar-refractivity contribution in [3.05, 3.63) is 60.2 Å². The fourth-order valence-corrected chi connectivity index (χ4v) is 2.73. The van der Waals surface area contributed by atoms with Crippen LogP contribution in [0, 0.1) is 0 Å². The van der Waals surface area contributed by atoms with Crippen LogP contribution in [-0.4, -0.2) is 17.4 Å². The minimum absolute atomic E-state index is 0.293. The van der Waals surface area contributed by atoms with Crippen molar-refractivity contribution >= 4 is 5.91 Å². The van der Waals surface area contributed by atoms with Crippen LogP contribution in [0.4, 0.5) is 0 Å². The molecule has 2 nitrogen and oxygen atoms in total. The second-order valence-electron chi connectivity index (χ2n) is 5.34. The number of hydrogen-bond donors (Lipinski definition) is 0. The van der Waals surface area contributed by atoms with Gasteiger partial charge in [-0.15, -0.1) is 0 Å². The van der Waals surface area contributed by atoms with E-state index in [2.05, 4.69) is 48.5 Å². The van der Waals surface area contributed by atoms with Crippen LogP contribution in [0.2, 0.25) is 0 Å². The average molecular weight is 265 g/mol. The summed E-state index contributed by atoms with van der Waals surface area (Å²) >= 11 is 0. The monoisotopic (exact) mass is 265 g/mol. The van der Waals surface area contributed by atoms with Crippen molar-refractivity contribution < 1.29 is 4.79 Å². The van der Waals surface area contributed by atoms with Gasteiger partial charge in [-0.1, -0.05) is 48.5 Å². The van der Waals surface area contributed by atoms with Crippen LogP contribution < -0.4 is 0 Å². The maximum absolute atomic E-state index is 11.9. The van der Waals surface area contributed by atoms with Crippen molar-refractivity contribution in [2.75, 3.05) is 6.54 Å². The zero-order valence-corrected chi connectivity index (χ0v) is 11.6. The van der Waals surface area contributed by atoms with Crippen molar-refractivity contribution in [3.63, 3.8) is 0 Å². The van der Waals surface area contributed by atoms with E-state index in [1.54, 1.807) is 0 Å². The van der Waals surface area contributed by atoms with E-state index in [1.165, 1.54) is 16.7 Å². The molecule has 0 atom stereocenters. The molecule has 0 bridgehead atoms. The molecule has 2 heteroatoms. The van der Waals surface area contributed by atoms with E-state index in [-0.39, 0.29) is 0 Å². The first-order chi connectivity index (χ1) is 9.83. The SMILES string of the molecule is O=C1CCCCN1Cc1cccc(-c2ccccc2)c1. The molecule has 0 N–H and O–H groups in total. The van der Waals surface area contributed by atoms with Gasteiger partial charge < -0.3 is 4.90 Å². The molecule has 1 saturated heterocycles. The molecule has 102 valence electrons. The molecule has 2 aromatic rings. The second-order valence-corrected chi connectivity index (χ2v) is 5.34. The van der Waals surface area contributed by atoms with Crippen LogP contribution in [0.5, 0.6) is 0 Å². The number of carbonyl (C=O) groups is 1. The molecule has 0 aromatic heterocycles. The zero-order chi connectivity index (χ0) is 13.8. The van der Waals surface area contributed by atoms with Crippen molar-refractivity contribution in [2.45, 2.75) is 25.8 Å². The van der Waals surface area contributed by atoms with Crippen LogP contribution in [-0.2, 0) is 11.3 Å². The highest BCUT2D eigenvalue weighted by Crippen LogP contribution is 2.21. The lowest BCUT2D eigenvalue weighted by atomic mass is 10.0. The highest BCUT2D eigenvalue weighted by atomic mass is 16.2. The van der Waals surface area contributed by atoms with E-state index in [1.807, 2.05) is 11.0 Å². The molecule has 20 heavy (non-hydrogen) atoms. The maximum Gasteiger partial charge on any atom is 0.222 e. The largest absolute Gasteiger partial charge is 0.338 e. The van der Waals surface area contributed by atoms with Crippen LogP contribution in [0.25, 0.3) is 11.1 Å². The molecule has 1 aliphatic heterocycles. The average Bonchev–Trinajstić information content (AvgIpc) is 2.51. The van der Waals surface area contributed by atoms with E-state index in [9.17, 15) is 4.79 Å². The number of hydrogen-bond acceptors (Lipinski definition) is 1. The fraction of sp³-hybridized carbons (Fsp3) is 0.278. The minimum Gasteiger partial charge on any atom is -0.338 e. The fourth-order valence-electron chi connectivity index (χ4n) is 2.73. The lowest BCUT2D eigenvalue weighted by molar-refractivity contribution is -0.133. The Morgan fingerprint density at radius 3 is 2.50 bits per heavy atom. The summed E-state index contributed by atoms with van der Waals surface area (Å²) < 4.78 is 0. The first-order valence-corrected chi connectivity index (χ1v) is 7.25. The number of nitrogens with zero attached hydrogens (tertiary/aromatic N) is 1. The van der Waals surface area contributed by atoms with Gasteiger partial charge in [0.1, 0.15) is 0 Å². The Balaban J connectivity index is 1.79. The Bertz CT molecular complexity index is 591. The quantitative estimate of drug-likeness (QED) is 0.825. The Morgan fingerprint density at radius 1 is 0.900 bits per heavy atom. The molecular formula is C18H19NO. The third-order valence-corrected chi connectivity index (χ3v) is 3.83. The normalized spacial score (nSPS) is 15.4. The van der Waals surface area contributed by atoms with Crippen molar-refractivity contribution in [1.82, 2.24) is 4.90 Å². The standard InChI is InChI=1S/C18H19NO/c20-18-11-4-5-12-19(18)14-15-7-6-10-17(13-15)16-8-2-1-3-9-16/h1-3,6-10,13H,4-5,11-12,14H2. The summed E-state index contributed by atoms with van der Waals surface area (Å²) in [5.74, 6) is 0.293. The molecule has 0 radical (unpaired) electrons. The minimum atomic E-state index is 0.293. The van der Waals surface area contributed by atoms with E-state index < -0.39 is 0 Å². The first kappa shape index (κ1) is 12.9. The molecule has 1 fully saturated rings. The molecule has 0 aliphatic carbocycles. The summed E-state index contributed by atoms with van der Waals surface area (Å²) in [6.07, 6.45) is 2.88.